The van der Waals surface area contributed by atoms with Crippen LogP contribution in [0.3, 0.4) is 0 Å². The Balaban J connectivity index is 1.10. The highest BCUT2D eigenvalue weighted by Crippen LogP contribution is 2.48. The van der Waals surface area contributed by atoms with Gasteiger partial charge in [0.15, 0.2) is 5.82 Å². The number of carbonyl (C=O) groups excluding carboxylic acids is 1. The number of Topliss-reactive ketones (excluding diaryl/α,β-unsaturated/α-hetero) is 1. The molecule has 7 rings (SSSR count). The van der Waals surface area contributed by atoms with Crippen LogP contribution < -0.4 is 9.64 Å². The predicted molar refractivity (Wildman–Crippen MR) is 149 cm³/mol. The molecule has 4 fully saturated rings. The van der Waals surface area contributed by atoms with Crippen LogP contribution in [0.5, 0.6) is 11.6 Å². The Morgan fingerprint density at radius 2 is 1.90 bits per heavy atom. The molecule has 0 amide bonds. The molecule has 4 aliphatic rings. The molecule has 1 spiro atoms. The van der Waals surface area contributed by atoms with Gasteiger partial charge in [-0.05, 0) is 55.4 Å². The van der Waals surface area contributed by atoms with Gasteiger partial charge in [-0.1, -0.05) is 19.9 Å². The zero-order chi connectivity index (χ0) is 27.4. The van der Waals surface area contributed by atoms with E-state index < -0.39 is 0 Å². The molecular weight excluding hydrogens is 507 g/mol. The van der Waals surface area contributed by atoms with Gasteiger partial charge >= 0.3 is 0 Å². The molecule has 2 saturated heterocycles. The number of anilines is 1. The van der Waals surface area contributed by atoms with E-state index >= 15 is 0 Å². The molecule has 2 aromatic heterocycles. The molecule has 2 aliphatic carbocycles. The quantitative estimate of drug-likeness (QED) is 0.381. The minimum absolute atomic E-state index is 0.207. The van der Waals surface area contributed by atoms with Gasteiger partial charge in [0.25, 0.3) is 5.88 Å². The van der Waals surface area contributed by atoms with E-state index in [1.165, 1.54) is 18.5 Å². The monoisotopic (exact) mass is 542 g/mol. The van der Waals surface area contributed by atoms with Crippen molar-refractivity contribution in [2.75, 3.05) is 31.1 Å². The zero-order valence-electron chi connectivity index (χ0n) is 23.1. The number of carbonyl (C=O) groups is 1. The maximum Gasteiger partial charge on any atom is 0.282 e. The van der Waals surface area contributed by atoms with E-state index in [0.29, 0.717) is 52.6 Å². The normalized spacial score (nSPS) is 21.5. The third kappa shape index (κ3) is 4.64. The van der Waals surface area contributed by atoms with Crippen molar-refractivity contribution in [1.82, 2.24) is 25.1 Å². The third-order valence-electron chi connectivity index (χ3n) is 9.19. The Kier molecular flexibility index (Phi) is 6.29. The number of hydrogen-bond acceptors (Lipinski definition) is 8. The van der Waals surface area contributed by atoms with E-state index in [1.54, 1.807) is 12.3 Å². The second-order valence-electron chi connectivity index (χ2n) is 12.6. The summed E-state index contributed by atoms with van der Waals surface area (Å²) in [5, 5.41) is 8.34. The summed E-state index contributed by atoms with van der Waals surface area (Å²) in [6.07, 6.45) is 7.99. The SMILES string of the molecule is CC(C)[C@H](C1CC(=O)C1)N1CC2(CCN(c3ncnnc3Oc3ccc(F)cc3-c3cccnc3C3CC3)C2)C1. The first-order valence-corrected chi connectivity index (χ1v) is 14.5. The molecule has 8 nitrogen and oxygen atoms in total. The lowest BCUT2D eigenvalue weighted by Crippen LogP contribution is -2.64. The van der Waals surface area contributed by atoms with Crippen LogP contribution in [0.25, 0.3) is 11.1 Å². The molecule has 1 aromatic carbocycles. The van der Waals surface area contributed by atoms with Crippen molar-refractivity contribution < 1.29 is 13.9 Å². The van der Waals surface area contributed by atoms with Gasteiger partial charge in [-0.15, -0.1) is 10.2 Å². The number of nitrogens with zero attached hydrogens (tertiary/aromatic N) is 6. The number of halogens is 1. The van der Waals surface area contributed by atoms with E-state index in [0.717, 1.165) is 69.5 Å². The summed E-state index contributed by atoms with van der Waals surface area (Å²) < 4.78 is 20.8. The van der Waals surface area contributed by atoms with Gasteiger partial charge < -0.3 is 9.64 Å². The second-order valence-corrected chi connectivity index (χ2v) is 12.6. The number of ketones is 1. The fourth-order valence-corrected chi connectivity index (χ4v) is 7.21. The van der Waals surface area contributed by atoms with Crippen LogP contribution >= 0.6 is 0 Å². The second kappa shape index (κ2) is 9.87. The van der Waals surface area contributed by atoms with Crippen molar-refractivity contribution in [1.29, 1.82) is 0 Å². The number of pyridine rings is 1. The molecule has 0 N–H and O–H groups in total. The highest BCUT2D eigenvalue weighted by atomic mass is 19.1. The van der Waals surface area contributed by atoms with E-state index in [4.69, 9.17) is 4.74 Å². The first-order valence-electron chi connectivity index (χ1n) is 14.5. The fourth-order valence-electron chi connectivity index (χ4n) is 7.21. The summed E-state index contributed by atoms with van der Waals surface area (Å²) in [6.45, 7) is 8.37. The molecule has 208 valence electrons. The van der Waals surface area contributed by atoms with Crippen molar-refractivity contribution in [3.63, 3.8) is 0 Å². The van der Waals surface area contributed by atoms with Crippen molar-refractivity contribution in [3.8, 4) is 22.8 Å². The van der Waals surface area contributed by atoms with Crippen LogP contribution in [-0.4, -0.2) is 63.1 Å². The molecule has 3 aromatic rings. The third-order valence-corrected chi connectivity index (χ3v) is 9.19. The summed E-state index contributed by atoms with van der Waals surface area (Å²) in [7, 11) is 0. The zero-order valence-corrected chi connectivity index (χ0v) is 23.1. The highest BCUT2D eigenvalue weighted by molar-refractivity contribution is 5.84. The lowest BCUT2D eigenvalue weighted by Gasteiger charge is -2.55. The van der Waals surface area contributed by atoms with Crippen LogP contribution in [0.15, 0.2) is 42.9 Å². The number of likely N-dealkylation sites (tertiary alicyclic amines) is 1. The van der Waals surface area contributed by atoms with Crippen molar-refractivity contribution in [2.24, 2.45) is 17.3 Å². The van der Waals surface area contributed by atoms with Gasteiger partial charge in [0, 0.05) is 73.7 Å². The van der Waals surface area contributed by atoms with Gasteiger partial charge in [-0.25, -0.2) is 9.37 Å². The summed E-state index contributed by atoms with van der Waals surface area (Å²) in [5.41, 5.74) is 2.74. The number of ether oxygens (including phenoxy) is 1. The molecule has 4 heterocycles. The van der Waals surface area contributed by atoms with Gasteiger partial charge in [0.1, 0.15) is 23.7 Å². The molecule has 0 bridgehead atoms. The summed E-state index contributed by atoms with van der Waals surface area (Å²) in [4.78, 5) is 25.7. The lowest BCUT2D eigenvalue weighted by atomic mass is 9.70. The standard InChI is InChI=1S/C31H35FN6O2/c1-19(2)28(21-12-23(39)13-21)38-16-31(17-38)9-11-37(15-31)29-30(36-35-18-34-29)40-26-8-7-22(32)14-25(26)24-4-3-10-33-27(24)20-5-6-20/h3-4,7-8,10,14,18-21,28H,5-6,9,11-13,15-17H2,1-2H3/t28-/m1/s1. The predicted octanol–water partition coefficient (Wildman–Crippen LogP) is 5.26. The Bertz CT molecular complexity index is 1430. The van der Waals surface area contributed by atoms with Gasteiger partial charge in [0.2, 0.25) is 0 Å². The number of aromatic nitrogens is 4. The van der Waals surface area contributed by atoms with Gasteiger partial charge in [-0.3, -0.25) is 14.7 Å². The Hall–Kier alpha value is -3.46. The summed E-state index contributed by atoms with van der Waals surface area (Å²) >= 11 is 0. The van der Waals surface area contributed by atoms with Crippen LogP contribution in [-0.2, 0) is 4.79 Å². The average molecular weight is 543 g/mol. The minimum Gasteiger partial charge on any atom is -0.434 e. The van der Waals surface area contributed by atoms with Crippen LogP contribution in [0.4, 0.5) is 10.2 Å². The molecule has 9 heteroatoms. The summed E-state index contributed by atoms with van der Waals surface area (Å²) in [6, 6.07) is 8.90. The topological polar surface area (TPSA) is 84.3 Å². The van der Waals surface area contributed by atoms with Gasteiger partial charge in [-0.2, -0.15) is 0 Å². The van der Waals surface area contributed by atoms with Crippen LogP contribution in [0, 0.1) is 23.1 Å². The smallest absolute Gasteiger partial charge is 0.282 e. The van der Waals surface area contributed by atoms with E-state index in [1.807, 2.05) is 12.1 Å². The average Bonchev–Trinajstić information content (AvgIpc) is 3.67. The van der Waals surface area contributed by atoms with Crippen LogP contribution in [0.2, 0.25) is 0 Å². The first-order chi connectivity index (χ1) is 19.4. The minimum atomic E-state index is -0.326. The Morgan fingerprint density at radius 1 is 1.07 bits per heavy atom. The Labute approximate surface area is 234 Å². The highest BCUT2D eigenvalue weighted by Gasteiger charge is 2.52. The molecular formula is C31H35FN6O2. The van der Waals surface area contributed by atoms with Crippen molar-refractivity contribution in [3.05, 3.63) is 54.4 Å². The fraction of sp³-hybridized carbons (Fsp3) is 0.516. The number of hydrogen-bond donors (Lipinski definition) is 0. The van der Waals surface area contributed by atoms with Crippen molar-refractivity contribution >= 4 is 11.6 Å². The molecule has 0 radical (unpaired) electrons. The molecule has 0 unspecified atom stereocenters. The number of rotatable bonds is 8. The molecule has 2 saturated carbocycles. The maximum absolute atomic E-state index is 14.5. The van der Waals surface area contributed by atoms with E-state index in [-0.39, 0.29) is 11.2 Å². The number of benzene rings is 1. The first kappa shape index (κ1) is 25.5. The van der Waals surface area contributed by atoms with Crippen LogP contribution in [0.1, 0.15) is 57.6 Å². The molecule has 1 atom stereocenters. The molecule has 40 heavy (non-hydrogen) atoms. The lowest BCUT2D eigenvalue weighted by molar-refractivity contribution is -0.133. The van der Waals surface area contributed by atoms with E-state index in [9.17, 15) is 9.18 Å². The van der Waals surface area contributed by atoms with Crippen molar-refractivity contribution in [2.45, 2.75) is 57.9 Å². The maximum atomic E-state index is 14.5. The largest absolute Gasteiger partial charge is 0.434 e. The summed E-state index contributed by atoms with van der Waals surface area (Å²) in [5.74, 6) is 3.02. The van der Waals surface area contributed by atoms with Gasteiger partial charge in [0.05, 0.1) is 5.69 Å². The van der Waals surface area contributed by atoms with E-state index in [2.05, 4.69) is 43.8 Å². The Morgan fingerprint density at radius 3 is 2.65 bits per heavy atom. The molecule has 2 aliphatic heterocycles.